The monoisotopic (exact) mass is 579 g/mol. The fraction of sp³-hybridized carbons (Fsp3) is 0.300. The molecule has 0 saturated carbocycles. The van der Waals surface area contributed by atoms with Crippen LogP contribution in [-0.2, 0) is 4.76 Å². The first-order valence-electron chi connectivity index (χ1n) is 13.3. The zero-order chi connectivity index (χ0) is 29.3. The van der Waals surface area contributed by atoms with E-state index in [1.54, 1.807) is 18.2 Å². The highest BCUT2D eigenvalue weighted by molar-refractivity contribution is 6.63. The van der Waals surface area contributed by atoms with Crippen LogP contribution in [0.5, 0.6) is 0 Å². The zero-order valence-electron chi connectivity index (χ0n) is 23.6. The van der Waals surface area contributed by atoms with Gasteiger partial charge in [-0.25, -0.2) is 4.98 Å². The highest BCUT2D eigenvalue weighted by Crippen LogP contribution is 2.37. The van der Waals surface area contributed by atoms with Gasteiger partial charge in [0.05, 0.1) is 34.0 Å². The van der Waals surface area contributed by atoms with Crippen LogP contribution in [0, 0.1) is 13.8 Å². The van der Waals surface area contributed by atoms with E-state index in [1.165, 1.54) is 6.21 Å². The average molecular weight is 580 g/mol. The maximum absolute atomic E-state index is 13.2. The number of aromatic nitrogens is 1. The summed E-state index contributed by atoms with van der Waals surface area (Å²) in [5, 5.41) is 18.6. The van der Waals surface area contributed by atoms with Crippen LogP contribution in [0.2, 0.25) is 10.2 Å². The molecule has 0 fully saturated rings. The third kappa shape index (κ3) is 5.48. The quantitative estimate of drug-likeness (QED) is 0.192. The number of nitrogens with one attached hydrogen (secondary N) is 1. The summed E-state index contributed by atoms with van der Waals surface area (Å²) in [6.07, 6.45) is 1.46. The van der Waals surface area contributed by atoms with Crippen LogP contribution in [0.1, 0.15) is 74.6 Å². The molecule has 0 amide bonds. The molecule has 10 heteroatoms. The van der Waals surface area contributed by atoms with Gasteiger partial charge in [0.1, 0.15) is 16.5 Å². The fourth-order valence-corrected chi connectivity index (χ4v) is 5.32. The summed E-state index contributed by atoms with van der Waals surface area (Å²) in [4.78, 5) is 17.8. The van der Waals surface area contributed by atoms with Gasteiger partial charge in [0.25, 0.3) is 0 Å². The number of rotatable bonds is 5. The molecule has 2 aromatic heterocycles. The van der Waals surface area contributed by atoms with Crippen LogP contribution < -0.4 is 16.2 Å². The number of anilines is 1. The second-order valence-corrected chi connectivity index (χ2v) is 10.6. The van der Waals surface area contributed by atoms with Crippen LogP contribution in [0.3, 0.4) is 0 Å². The zero-order valence-corrected chi connectivity index (χ0v) is 25.1. The molecule has 1 atom stereocenters. The number of hydrogen-bond donors (Lipinski definition) is 2. The van der Waals surface area contributed by atoms with Gasteiger partial charge in [0.2, 0.25) is 0 Å². The van der Waals surface area contributed by atoms with E-state index in [2.05, 4.69) is 15.5 Å². The van der Waals surface area contributed by atoms with Gasteiger partial charge < -0.3 is 19.5 Å². The molecular weight excluding hydrogens is 548 g/mol. The van der Waals surface area contributed by atoms with E-state index < -0.39 is 7.12 Å². The summed E-state index contributed by atoms with van der Waals surface area (Å²) >= 11 is 13.1. The number of aryl methyl sites for hydroxylation is 1. The Morgan fingerprint density at radius 2 is 1.77 bits per heavy atom. The van der Waals surface area contributed by atoms with E-state index in [0.717, 1.165) is 11.1 Å². The minimum atomic E-state index is -1.20. The van der Waals surface area contributed by atoms with Crippen molar-refractivity contribution in [2.75, 3.05) is 5.32 Å². The molecule has 1 aliphatic rings. The van der Waals surface area contributed by atoms with Gasteiger partial charge in [0.15, 0.2) is 5.43 Å². The lowest BCUT2D eigenvalue weighted by Crippen LogP contribution is -2.37. The summed E-state index contributed by atoms with van der Waals surface area (Å²) in [6, 6.07) is 10.6. The third-order valence-electron chi connectivity index (χ3n) is 6.73. The van der Waals surface area contributed by atoms with Crippen molar-refractivity contribution in [1.29, 1.82) is 0 Å². The summed E-state index contributed by atoms with van der Waals surface area (Å²) in [7, 11) is -1.20. The van der Waals surface area contributed by atoms with Gasteiger partial charge in [-0.2, -0.15) is 0 Å². The number of benzene rings is 2. The van der Waals surface area contributed by atoms with Crippen molar-refractivity contribution >= 4 is 58.7 Å². The Morgan fingerprint density at radius 1 is 1.05 bits per heavy atom. The van der Waals surface area contributed by atoms with E-state index in [4.69, 9.17) is 32.4 Å². The highest BCUT2D eigenvalue weighted by atomic mass is 35.5. The number of nitrogens with zero attached hydrogens (tertiary/aromatic N) is 2. The maximum atomic E-state index is 13.2. The molecule has 0 aliphatic carbocycles. The van der Waals surface area contributed by atoms with Crippen LogP contribution in [0.25, 0.3) is 22.2 Å². The third-order valence-corrected chi connectivity index (χ3v) is 7.35. The Morgan fingerprint density at radius 3 is 2.48 bits per heavy atom. The SMILES string of the molecule is CC.Cc1cc(C(C)Nc2ccc(Cl)nc2-c2ccc3c(c2Cl)C=NOB3O)c2oc(C(C)C)c(C)c(=O)c2c1. The predicted molar refractivity (Wildman–Crippen MR) is 165 cm³/mol. The lowest BCUT2D eigenvalue weighted by molar-refractivity contribution is 0.286. The number of oxime groups is 1. The number of pyridine rings is 1. The summed E-state index contributed by atoms with van der Waals surface area (Å²) in [6.45, 7) is 13.8. The van der Waals surface area contributed by atoms with Gasteiger partial charge in [-0.05, 0) is 44.5 Å². The molecule has 0 radical (unpaired) electrons. The molecule has 5 rings (SSSR count). The minimum absolute atomic E-state index is 0.0189. The van der Waals surface area contributed by atoms with E-state index in [9.17, 15) is 9.82 Å². The molecule has 4 aromatic rings. The molecule has 3 heterocycles. The van der Waals surface area contributed by atoms with Crippen molar-refractivity contribution in [2.24, 2.45) is 5.16 Å². The molecule has 1 aliphatic heterocycles. The summed E-state index contributed by atoms with van der Waals surface area (Å²) in [5.41, 5.74) is 5.87. The van der Waals surface area contributed by atoms with Crippen molar-refractivity contribution < 1.29 is 14.2 Å². The Hall–Kier alpha value is -3.33. The standard InChI is InChI=1S/C28H26BCl2N3O4.C2H6/c1-13(2)27-15(4)26(35)19-11-14(3)10-18(28(19)37-27)16(5)33-22-8-9-23(30)34-25(22)17-6-7-21-20(24(17)31)12-32-38-29(21)36;1-2/h6-13,16,33,36H,1-5H3;1-2H3. The molecule has 0 bridgehead atoms. The first kappa shape index (κ1) is 29.7. The van der Waals surface area contributed by atoms with Crippen LogP contribution >= 0.6 is 23.2 Å². The van der Waals surface area contributed by atoms with Crippen molar-refractivity contribution in [3.63, 3.8) is 0 Å². The van der Waals surface area contributed by atoms with Gasteiger partial charge in [-0.3, -0.25) is 4.79 Å². The summed E-state index contributed by atoms with van der Waals surface area (Å²) < 4.78 is 11.3. The molecule has 7 nitrogen and oxygen atoms in total. The van der Waals surface area contributed by atoms with Gasteiger partial charge in [-0.1, -0.05) is 69.1 Å². The van der Waals surface area contributed by atoms with E-state index in [0.29, 0.717) is 60.4 Å². The largest absolute Gasteiger partial charge is 0.583 e. The average Bonchev–Trinajstić information content (AvgIpc) is 2.93. The van der Waals surface area contributed by atoms with Crippen LogP contribution in [0.4, 0.5) is 5.69 Å². The van der Waals surface area contributed by atoms with Gasteiger partial charge in [-0.15, -0.1) is 5.16 Å². The van der Waals surface area contributed by atoms with Crippen molar-refractivity contribution in [1.82, 2.24) is 4.98 Å². The molecule has 2 aromatic carbocycles. The smallest absolute Gasteiger partial charge is 0.460 e. The second kappa shape index (κ2) is 12.0. The second-order valence-electron chi connectivity index (χ2n) is 9.82. The molecule has 0 saturated heterocycles. The normalized spacial score (nSPS) is 13.0. The first-order chi connectivity index (χ1) is 19.1. The van der Waals surface area contributed by atoms with Crippen molar-refractivity contribution in [3.05, 3.63) is 84.8 Å². The number of halogens is 2. The van der Waals surface area contributed by atoms with Gasteiger partial charge >= 0.3 is 7.12 Å². The molecule has 208 valence electrons. The lowest BCUT2D eigenvalue weighted by Gasteiger charge is -2.22. The van der Waals surface area contributed by atoms with Crippen LogP contribution in [0.15, 0.2) is 50.8 Å². The number of hydrogen-bond acceptors (Lipinski definition) is 7. The summed E-state index contributed by atoms with van der Waals surface area (Å²) in [5.74, 6) is 0.748. The lowest BCUT2D eigenvalue weighted by atomic mass is 9.75. The van der Waals surface area contributed by atoms with Crippen LogP contribution in [-0.4, -0.2) is 23.3 Å². The number of fused-ring (bicyclic) bond motifs is 2. The maximum Gasteiger partial charge on any atom is 0.583 e. The van der Waals surface area contributed by atoms with E-state index >= 15 is 0 Å². The fourth-order valence-electron chi connectivity index (χ4n) is 4.86. The molecular formula is C30H32BCl2N3O4. The molecule has 0 spiro atoms. The van der Waals surface area contributed by atoms with E-state index in [1.807, 2.05) is 66.7 Å². The predicted octanol–water partition coefficient (Wildman–Crippen LogP) is 7.15. The first-order valence-corrected chi connectivity index (χ1v) is 14.0. The Kier molecular flexibility index (Phi) is 8.93. The Labute approximate surface area is 244 Å². The Bertz CT molecular complexity index is 1670. The van der Waals surface area contributed by atoms with Crippen molar-refractivity contribution in [2.45, 2.75) is 60.4 Å². The van der Waals surface area contributed by atoms with Crippen molar-refractivity contribution in [3.8, 4) is 11.3 Å². The highest BCUT2D eigenvalue weighted by Gasteiger charge is 2.29. The molecule has 40 heavy (non-hydrogen) atoms. The minimum Gasteiger partial charge on any atom is -0.460 e. The Balaban J connectivity index is 0.00000181. The molecule has 2 N–H and O–H groups in total. The van der Waals surface area contributed by atoms with E-state index in [-0.39, 0.29) is 17.4 Å². The topological polar surface area (TPSA) is 97.0 Å². The van der Waals surface area contributed by atoms with Gasteiger partial charge in [0, 0.05) is 33.6 Å². The molecule has 1 unspecified atom stereocenters.